The van der Waals surface area contributed by atoms with Crippen LogP contribution in [0.5, 0.6) is 0 Å². The molecular formula is C31H45N6O17P. The van der Waals surface area contributed by atoms with E-state index in [0.29, 0.717) is 17.7 Å². The SMILES string of the molecule is C[C@@H]1N=C2N=C(N)NC(=O)C2N(C=O)[C@H]1[C@@H](C)Nc1ccc(C[C@H](O)[C@H](O)[C@H](O)CO[C@H]2O[C@H](COP(=O)(O)O[C@H](CCC(=O)O)C(=O)O)[C@@H](O)[C@H]2O)cc1. The number of hydrogen-bond donors (Lipinski definition) is 11. The molecule has 0 radical (unpaired) electrons. The van der Waals surface area contributed by atoms with Crippen molar-refractivity contribution in [3.63, 3.8) is 0 Å². The molecule has 3 heterocycles. The van der Waals surface area contributed by atoms with Crippen molar-refractivity contribution >= 4 is 49.6 Å². The minimum atomic E-state index is -5.12. The number of guanidine groups is 1. The molecule has 4 rings (SSSR count). The number of aliphatic hydroxyl groups is 5. The summed E-state index contributed by atoms with van der Waals surface area (Å²) >= 11 is 0. The molecule has 0 saturated carbocycles. The topological polar surface area (TPSA) is 362 Å². The standard InChI is InChI=1S/C31H45N6O17P/c1-13(22-14(2)34-27-23(37(22)12-38)28(46)36-31(32)35-27)33-16-5-3-15(4-6-16)9-17(39)24(43)18(40)10-51-30-26(45)25(44)20(53-30)11-52-55(49,50)54-19(29(47)48)7-8-21(41)42/h3-6,12-14,17-20,22-26,30,33,39-40,43-45H,7-11H2,1-2H3,(H,41,42)(H,47,48)(H,49,50)(H3,32,34,35,36,46)/t13-,14+,17+,18-,19-,20-,22+,23?,24+,25-,26-,30+/m1/s1. The molecule has 306 valence electrons. The number of fused-ring (bicyclic) bond motifs is 1. The fraction of sp³-hybridized carbons (Fsp3) is 0.613. The number of phosphoric acid groups is 1. The maximum absolute atomic E-state index is 12.6. The smallest absolute Gasteiger partial charge is 0.473 e. The maximum Gasteiger partial charge on any atom is 0.473 e. The van der Waals surface area contributed by atoms with Crippen molar-refractivity contribution in [2.45, 2.75) is 106 Å². The second-order valence-corrected chi connectivity index (χ2v) is 14.5. The van der Waals surface area contributed by atoms with Crippen LogP contribution in [0.4, 0.5) is 5.69 Å². The number of carbonyl (C=O) groups is 4. The molecule has 55 heavy (non-hydrogen) atoms. The van der Waals surface area contributed by atoms with Gasteiger partial charge in [-0.2, -0.15) is 4.99 Å². The molecule has 12 N–H and O–H groups in total. The summed E-state index contributed by atoms with van der Waals surface area (Å²) in [6, 6.07) is 4.25. The molecule has 24 heteroatoms. The van der Waals surface area contributed by atoms with Crippen LogP contribution in [-0.2, 0) is 48.7 Å². The van der Waals surface area contributed by atoms with Gasteiger partial charge in [-0.15, -0.1) is 0 Å². The molecule has 3 aliphatic heterocycles. The molecule has 1 fully saturated rings. The van der Waals surface area contributed by atoms with Crippen molar-refractivity contribution in [1.82, 2.24) is 10.2 Å². The summed E-state index contributed by atoms with van der Waals surface area (Å²) in [5, 5.41) is 75.8. The van der Waals surface area contributed by atoms with Gasteiger partial charge in [0.05, 0.1) is 31.4 Å². The van der Waals surface area contributed by atoms with Gasteiger partial charge in [-0.1, -0.05) is 12.1 Å². The van der Waals surface area contributed by atoms with E-state index in [1.54, 1.807) is 31.2 Å². The number of carboxylic acid groups (broad SMARTS) is 2. The van der Waals surface area contributed by atoms with Gasteiger partial charge in [0.2, 0.25) is 12.4 Å². The molecule has 0 aliphatic carbocycles. The van der Waals surface area contributed by atoms with E-state index < -0.39 is 125 Å². The average Bonchev–Trinajstić information content (AvgIpc) is 3.38. The summed E-state index contributed by atoms with van der Waals surface area (Å²) in [7, 11) is -5.12. The lowest BCUT2D eigenvalue weighted by atomic mass is 9.95. The number of ether oxygens (including phenoxy) is 2. The lowest BCUT2D eigenvalue weighted by molar-refractivity contribution is -0.192. The number of nitrogens with zero attached hydrogens (tertiary/aromatic N) is 3. The quantitative estimate of drug-likeness (QED) is 0.0449. The summed E-state index contributed by atoms with van der Waals surface area (Å²) in [5.74, 6) is -3.60. The Morgan fingerprint density at radius 2 is 1.82 bits per heavy atom. The van der Waals surface area contributed by atoms with Gasteiger partial charge in [0, 0.05) is 24.6 Å². The van der Waals surface area contributed by atoms with Gasteiger partial charge in [0.15, 0.2) is 24.3 Å². The Kier molecular flexibility index (Phi) is 14.8. The summed E-state index contributed by atoms with van der Waals surface area (Å²) in [6.07, 6.45) is -14.6. The van der Waals surface area contributed by atoms with E-state index in [1.807, 2.05) is 6.92 Å². The van der Waals surface area contributed by atoms with E-state index in [2.05, 4.69) is 29.7 Å². The molecule has 1 saturated heterocycles. The molecule has 3 aliphatic rings. The van der Waals surface area contributed by atoms with Crippen molar-refractivity contribution in [3.05, 3.63) is 29.8 Å². The number of hydrogen-bond acceptors (Lipinski definition) is 18. The highest BCUT2D eigenvalue weighted by molar-refractivity contribution is 7.47. The Morgan fingerprint density at radius 1 is 1.15 bits per heavy atom. The predicted octanol–water partition coefficient (Wildman–Crippen LogP) is -3.53. The molecule has 2 unspecified atom stereocenters. The zero-order chi connectivity index (χ0) is 40.8. The summed E-state index contributed by atoms with van der Waals surface area (Å²) < 4.78 is 32.0. The third-order valence-corrected chi connectivity index (χ3v) is 9.97. The predicted molar refractivity (Wildman–Crippen MR) is 185 cm³/mol. The first kappa shape index (κ1) is 43.6. The average molecular weight is 805 g/mol. The van der Waals surface area contributed by atoms with Crippen LogP contribution in [-0.4, -0.2) is 168 Å². The molecule has 23 nitrogen and oxygen atoms in total. The van der Waals surface area contributed by atoms with Crippen molar-refractivity contribution in [3.8, 4) is 0 Å². The monoisotopic (exact) mass is 804 g/mol. The Hall–Kier alpha value is -4.13. The third-order valence-electron chi connectivity index (χ3n) is 8.98. The van der Waals surface area contributed by atoms with Crippen LogP contribution < -0.4 is 16.4 Å². The van der Waals surface area contributed by atoms with Crippen molar-refractivity contribution in [2.24, 2.45) is 15.7 Å². The number of benzene rings is 1. The Bertz CT molecular complexity index is 1650. The number of nitrogens with two attached hydrogens (primary N) is 1. The largest absolute Gasteiger partial charge is 0.481 e. The first-order valence-corrected chi connectivity index (χ1v) is 18.4. The lowest BCUT2D eigenvalue weighted by Crippen LogP contribution is -2.66. The molecule has 0 bridgehead atoms. The summed E-state index contributed by atoms with van der Waals surface area (Å²) in [5.41, 5.74) is 6.82. The highest BCUT2D eigenvalue weighted by Gasteiger charge is 2.47. The molecule has 0 spiro atoms. The van der Waals surface area contributed by atoms with E-state index in [4.69, 9.17) is 25.4 Å². The van der Waals surface area contributed by atoms with Crippen molar-refractivity contribution < 1.29 is 82.9 Å². The van der Waals surface area contributed by atoms with Crippen LogP contribution >= 0.6 is 7.82 Å². The van der Waals surface area contributed by atoms with Gasteiger partial charge in [0.1, 0.15) is 30.5 Å². The van der Waals surface area contributed by atoms with Gasteiger partial charge in [-0.05, 0) is 38.0 Å². The highest BCUT2D eigenvalue weighted by Crippen LogP contribution is 2.46. The Labute approximate surface area is 313 Å². The minimum Gasteiger partial charge on any atom is -0.481 e. The number of aliphatic hydroxyl groups excluding tert-OH is 5. The van der Waals surface area contributed by atoms with Crippen LogP contribution in [0, 0.1) is 0 Å². The summed E-state index contributed by atoms with van der Waals surface area (Å²) in [4.78, 5) is 66.5. The fourth-order valence-corrected chi connectivity index (χ4v) is 7.14. The normalized spacial score (nSPS) is 29.0. The van der Waals surface area contributed by atoms with Crippen molar-refractivity contribution in [2.75, 3.05) is 18.5 Å². The number of rotatable bonds is 20. The van der Waals surface area contributed by atoms with Crippen LogP contribution in [0.25, 0.3) is 0 Å². The Balaban J connectivity index is 1.24. The fourth-order valence-electron chi connectivity index (χ4n) is 6.23. The molecule has 13 atom stereocenters. The van der Waals surface area contributed by atoms with E-state index in [1.165, 1.54) is 4.90 Å². The van der Waals surface area contributed by atoms with E-state index in [-0.39, 0.29) is 18.2 Å². The number of anilines is 1. The van der Waals surface area contributed by atoms with E-state index >= 15 is 0 Å². The number of aliphatic imine (C=N–C) groups is 2. The van der Waals surface area contributed by atoms with Gasteiger partial charge in [-0.3, -0.25) is 33.7 Å². The van der Waals surface area contributed by atoms with Crippen LogP contribution in [0.1, 0.15) is 32.3 Å². The number of aliphatic carboxylic acids is 2. The second-order valence-electron chi connectivity index (χ2n) is 13.1. The minimum absolute atomic E-state index is 0.109. The van der Waals surface area contributed by atoms with Gasteiger partial charge in [0.25, 0.3) is 5.91 Å². The second kappa shape index (κ2) is 18.7. The van der Waals surface area contributed by atoms with Crippen LogP contribution in [0.15, 0.2) is 34.3 Å². The lowest BCUT2D eigenvalue weighted by Gasteiger charge is -2.44. The van der Waals surface area contributed by atoms with Crippen LogP contribution in [0.2, 0.25) is 0 Å². The number of amidine groups is 1. The van der Waals surface area contributed by atoms with E-state index in [9.17, 15) is 54.2 Å². The molecule has 0 aromatic heterocycles. The Morgan fingerprint density at radius 3 is 2.44 bits per heavy atom. The number of nitrogens with one attached hydrogen (secondary N) is 2. The third kappa shape index (κ3) is 11.2. The van der Waals surface area contributed by atoms with Gasteiger partial charge < -0.3 is 66.1 Å². The molecule has 1 aromatic rings. The molecular weight excluding hydrogens is 759 g/mol. The number of phosphoric ester groups is 1. The zero-order valence-corrected chi connectivity index (χ0v) is 30.4. The number of carbonyl (C=O) groups excluding carboxylic acids is 2. The summed E-state index contributed by atoms with van der Waals surface area (Å²) in [6.45, 7) is 1.97. The van der Waals surface area contributed by atoms with E-state index in [0.717, 1.165) is 0 Å². The first-order chi connectivity index (χ1) is 25.8. The highest BCUT2D eigenvalue weighted by atomic mass is 31.2. The number of carboxylic acids is 2. The van der Waals surface area contributed by atoms with Crippen molar-refractivity contribution in [1.29, 1.82) is 0 Å². The zero-order valence-electron chi connectivity index (χ0n) is 29.5. The van der Waals surface area contributed by atoms with Crippen LogP contribution in [0.3, 0.4) is 0 Å². The van der Waals surface area contributed by atoms with Gasteiger partial charge >= 0.3 is 19.8 Å². The molecule has 2 amide bonds. The van der Waals surface area contributed by atoms with Gasteiger partial charge in [-0.25, -0.2) is 9.36 Å². The molecule has 1 aromatic carbocycles. The first-order valence-electron chi connectivity index (χ1n) is 16.9. The maximum atomic E-state index is 12.6. The number of amides is 2.